The summed E-state index contributed by atoms with van der Waals surface area (Å²) in [5, 5.41) is 7.12. The van der Waals surface area contributed by atoms with Crippen molar-refractivity contribution in [3.05, 3.63) is 59.9 Å². The maximum absolute atomic E-state index is 14.1. The van der Waals surface area contributed by atoms with E-state index in [-0.39, 0.29) is 49.4 Å². The fourth-order valence-corrected chi connectivity index (χ4v) is 6.43. The van der Waals surface area contributed by atoms with Crippen molar-refractivity contribution in [1.29, 1.82) is 0 Å². The predicted molar refractivity (Wildman–Crippen MR) is 155 cm³/mol. The Morgan fingerprint density at radius 3 is 2.43 bits per heavy atom. The zero-order valence-electron chi connectivity index (χ0n) is 24.6. The van der Waals surface area contributed by atoms with E-state index in [1.54, 1.807) is 36.4 Å². The normalized spacial score (nSPS) is 19.8. The molecule has 0 spiro atoms. The highest BCUT2D eigenvalue weighted by atomic mass is 32.2. The van der Waals surface area contributed by atoms with Crippen LogP contribution in [0.4, 0.5) is 13.2 Å². The summed E-state index contributed by atoms with van der Waals surface area (Å²) in [6, 6.07) is 10.1. The number of nitrogens with one attached hydrogen (secondary N) is 1. The molecule has 11 nitrogen and oxygen atoms in total. The number of carbonyl (C=O) groups is 3. The van der Waals surface area contributed by atoms with Gasteiger partial charge in [-0.15, -0.1) is 0 Å². The van der Waals surface area contributed by atoms with Gasteiger partial charge in [0.05, 0.1) is 16.1 Å². The van der Waals surface area contributed by atoms with Gasteiger partial charge in [-0.1, -0.05) is 24.3 Å². The number of hydrogen-bond donors (Lipinski definition) is 2. The molecule has 1 fully saturated rings. The van der Waals surface area contributed by atoms with Gasteiger partial charge in [0, 0.05) is 44.1 Å². The Morgan fingerprint density at radius 2 is 1.82 bits per heavy atom. The lowest BCUT2D eigenvalue weighted by Gasteiger charge is -2.40. The number of aromatic nitrogens is 1. The van der Waals surface area contributed by atoms with Gasteiger partial charge in [0.1, 0.15) is 18.0 Å². The van der Waals surface area contributed by atoms with Crippen LogP contribution in [0.25, 0.3) is 0 Å². The number of alkyl halides is 3. The Bertz CT molecular complexity index is 1560. The average Bonchev–Trinajstić information content (AvgIpc) is 3.18. The summed E-state index contributed by atoms with van der Waals surface area (Å²) >= 11 is 0. The fraction of sp³-hybridized carbons (Fsp3) is 0.483. The predicted octanol–water partition coefficient (Wildman–Crippen LogP) is 1.86. The summed E-state index contributed by atoms with van der Waals surface area (Å²) in [5.74, 6) is -2.11. The van der Waals surface area contributed by atoms with Crippen molar-refractivity contribution in [1.82, 2.24) is 20.2 Å². The Morgan fingerprint density at radius 1 is 1.14 bits per heavy atom. The number of hydrazone groups is 1. The van der Waals surface area contributed by atoms with Gasteiger partial charge in [0.2, 0.25) is 11.8 Å². The largest absolute Gasteiger partial charge is 0.408 e. The minimum absolute atomic E-state index is 0.00792. The lowest BCUT2D eigenvalue weighted by molar-refractivity contribution is -0.164. The first-order valence-corrected chi connectivity index (χ1v) is 15.8. The molecule has 3 N–H and O–H groups in total. The molecule has 0 bridgehead atoms. The Kier molecular flexibility index (Phi) is 9.22. The van der Waals surface area contributed by atoms with E-state index in [4.69, 9.17) is 5.73 Å². The zero-order chi connectivity index (χ0) is 32.5. The third-order valence-corrected chi connectivity index (χ3v) is 8.83. The molecule has 2 aliphatic heterocycles. The molecular formula is C29H35F3N6O5S. The standard InChI is InChI=1S/C29H35F3N6O5S/c1-27(2,33)25(40)35-21(12-11-19-8-4-5-10-22(19)44(3,42)43)24(39)37-15-13-23-28(17-37,16-20-9-6-7-14-34-20)26(41)38(36-23)18-29(30,31)32/h4-10,14,21H,11-13,15-18,33H2,1-3H3,(H,35,40)/t21-,28-/m1/s1. The number of nitrogens with zero attached hydrogens (tertiary/aromatic N) is 4. The van der Waals surface area contributed by atoms with Crippen molar-refractivity contribution >= 4 is 33.3 Å². The minimum atomic E-state index is -4.69. The van der Waals surface area contributed by atoms with Crippen LogP contribution in [0, 0.1) is 5.41 Å². The smallest absolute Gasteiger partial charge is 0.343 e. The first-order valence-electron chi connectivity index (χ1n) is 13.9. The molecule has 3 heterocycles. The van der Waals surface area contributed by atoms with Crippen LogP contribution in [0.3, 0.4) is 0 Å². The summed E-state index contributed by atoms with van der Waals surface area (Å²) in [6.45, 7) is 1.10. The van der Waals surface area contributed by atoms with Crippen molar-refractivity contribution in [2.45, 2.75) is 62.2 Å². The van der Waals surface area contributed by atoms with Crippen molar-refractivity contribution in [2.75, 3.05) is 25.9 Å². The van der Waals surface area contributed by atoms with Gasteiger partial charge in [0.15, 0.2) is 9.84 Å². The third-order valence-electron chi connectivity index (χ3n) is 7.63. The first kappa shape index (κ1) is 33.1. The van der Waals surface area contributed by atoms with Crippen LogP contribution in [0.2, 0.25) is 0 Å². The van der Waals surface area contributed by atoms with E-state index >= 15 is 0 Å². The van der Waals surface area contributed by atoms with Crippen LogP contribution in [0.5, 0.6) is 0 Å². The number of carbonyl (C=O) groups excluding carboxylic acids is 3. The van der Waals surface area contributed by atoms with Crippen LogP contribution >= 0.6 is 0 Å². The highest BCUT2D eigenvalue weighted by Gasteiger charge is 2.56. The molecule has 2 atom stereocenters. The lowest BCUT2D eigenvalue weighted by atomic mass is 9.74. The Hall–Kier alpha value is -3.85. The summed E-state index contributed by atoms with van der Waals surface area (Å²) in [4.78, 5) is 46.3. The number of rotatable bonds is 10. The number of fused-ring (bicyclic) bond motifs is 1. The molecule has 1 aromatic carbocycles. The lowest BCUT2D eigenvalue weighted by Crippen LogP contribution is -2.61. The van der Waals surface area contributed by atoms with E-state index in [0.717, 1.165) is 6.26 Å². The van der Waals surface area contributed by atoms with Gasteiger partial charge in [-0.3, -0.25) is 19.4 Å². The van der Waals surface area contributed by atoms with Crippen LogP contribution in [0.1, 0.15) is 37.9 Å². The number of benzene rings is 1. The molecule has 0 aliphatic carbocycles. The van der Waals surface area contributed by atoms with E-state index in [1.807, 2.05) is 0 Å². The Balaban J connectivity index is 1.65. The number of piperidine rings is 1. The molecule has 1 aromatic heterocycles. The zero-order valence-corrected chi connectivity index (χ0v) is 25.4. The Labute approximate surface area is 253 Å². The summed E-state index contributed by atoms with van der Waals surface area (Å²) < 4.78 is 64.7. The van der Waals surface area contributed by atoms with Gasteiger partial charge in [-0.05, 0) is 50.5 Å². The topological polar surface area (TPSA) is 155 Å². The van der Waals surface area contributed by atoms with Crippen LogP contribution < -0.4 is 11.1 Å². The molecule has 2 aromatic rings. The van der Waals surface area contributed by atoms with Crippen LogP contribution in [-0.4, -0.2) is 90.4 Å². The van der Waals surface area contributed by atoms with Crippen molar-refractivity contribution < 1.29 is 36.0 Å². The monoisotopic (exact) mass is 636 g/mol. The first-order chi connectivity index (χ1) is 20.4. The second-order valence-electron chi connectivity index (χ2n) is 11.8. The number of pyridine rings is 1. The van der Waals surface area contributed by atoms with E-state index < -0.39 is 57.3 Å². The summed E-state index contributed by atoms with van der Waals surface area (Å²) in [5.41, 5.74) is 4.14. The molecule has 2 aliphatic rings. The maximum Gasteiger partial charge on any atom is 0.408 e. The van der Waals surface area contributed by atoms with Crippen molar-refractivity contribution in [3.8, 4) is 0 Å². The molecule has 0 saturated carbocycles. The molecule has 0 radical (unpaired) electrons. The number of nitrogens with two attached hydrogens (primary N) is 1. The molecule has 1 saturated heterocycles. The quantitative estimate of drug-likeness (QED) is 0.404. The van der Waals surface area contributed by atoms with Gasteiger partial charge in [-0.2, -0.15) is 18.3 Å². The third kappa shape index (κ3) is 7.44. The average molecular weight is 637 g/mol. The molecule has 3 amide bonds. The molecule has 44 heavy (non-hydrogen) atoms. The molecule has 15 heteroatoms. The van der Waals surface area contributed by atoms with Gasteiger partial charge in [0.25, 0.3) is 5.91 Å². The second-order valence-corrected chi connectivity index (χ2v) is 13.8. The van der Waals surface area contributed by atoms with Crippen LogP contribution in [-0.2, 0) is 37.1 Å². The summed E-state index contributed by atoms with van der Waals surface area (Å²) in [6.07, 6.45) is -2.09. The highest BCUT2D eigenvalue weighted by Crippen LogP contribution is 2.39. The number of hydrogen-bond acceptors (Lipinski definition) is 8. The highest BCUT2D eigenvalue weighted by molar-refractivity contribution is 7.90. The SMILES string of the molecule is CC(C)(N)C(=O)N[C@H](CCc1ccccc1S(C)(=O)=O)C(=O)N1CCC2=NN(CC(F)(F)F)C(=O)[C@]2(Cc2ccccn2)C1. The number of likely N-dealkylation sites (tertiary alicyclic amines) is 1. The van der Waals surface area contributed by atoms with Gasteiger partial charge in [-0.25, -0.2) is 13.4 Å². The maximum atomic E-state index is 14.1. The second kappa shape index (κ2) is 12.3. The number of halogens is 3. The van der Waals surface area contributed by atoms with Gasteiger partial charge >= 0.3 is 6.18 Å². The number of sulfone groups is 1. The number of amides is 3. The fourth-order valence-electron chi connectivity index (χ4n) is 5.46. The van der Waals surface area contributed by atoms with E-state index in [2.05, 4.69) is 15.4 Å². The molecule has 0 unspecified atom stereocenters. The molecule has 238 valence electrons. The number of aryl methyl sites for hydroxylation is 1. The van der Waals surface area contributed by atoms with Crippen molar-refractivity contribution in [2.24, 2.45) is 16.3 Å². The summed E-state index contributed by atoms with van der Waals surface area (Å²) in [7, 11) is -3.58. The van der Waals surface area contributed by atoms with E-state index in [0.29, 0.717) is 16.3 Å². The molecular weight excluding hydrogens is 601 g/mol. The van der Waals surface area contributed by atoms with E-state index in [9.17, 15) is 36.0 Å². The van der Waals surface area contributed by atoms with Crippen molar-refractivity contribution in [3.63, 3.8) is 0 Å². The van der Waals surface area contributed by atoms with Gasteiger partial charge < -0.3 is 16.0 Å². The van der Waals surface area contributed by atoms with Crippen LogP contribution in [0.15, 0.2) is 58.7 Å². The van der Waals surface area contributed by atoms with E-state index in [1.165, 1.54) is 31.0 Å². The molecule has 4 rings (SSSR count). The minimum Gasteiger partial charge on any atom is -0.343 e.